The summed E-state index contributed by atoms with van der Waals surface area (Å²) in [7, 11) is 0. The monoisotopic (exact) mass is 323 g/mol. The van der Waals surface area contributed by atoms with Crippen molar-refractivity contribution in [2.24, 2.45) is 0 Å². The van der Waals surface area contributed by atoms with E-state index in [2.05, 4.69) is 15.2 Å². The molecule has 1 saturated heterocycles. The highest BCUT2D eigenvalue weighted by atomic mass is 32.1. The molecule has 1 aromatic heterocycles. The fourth-order valence-corrected chi connectivity index (χ4v) is 3.32. The molecule has 1 N–H and O–H groups in total. The number of ether oxygens (including phenoxy) is 1. The molecule has 21 heavy (non-hydrogen) atoms. The Labute approximate surface area is 126 Å². The van der Waals surface area contributed by atoms with Gasteiger partial charge in [0.25, 0.3) is 0 Å². The van der Waals surface area contributed by atoms with E-state index in [1.807, 2.05) is 13.8 Å². The average Bonchev–Trinajstić information content (AvgIpc) is 2.89. The summed E-state index contributed by atoms with van der Waals surface area (Å²) in [5.74, 6) is 0. The fourth-order valence-electron chi connectivity index (χ4n) is 2.23. The third kappa shape index (κ3) is 4.15. The largest absolute Gasteiger partial charge is 0.434 e. The Morgan fingerprint density at radius 3 is 2.81 bits per heavy atom. The molecule has 1 fully saturated rings. The molecule has 0 radical (unpaired) electrons. The smallest absolute Gasteiger partial charge is 0.368 e. The molecular formula is C13H20F3N3OS. The first-order chi connectivity index (χ1) is 9.95. The second-order valence-electron chi connectivity index (χ2n) is 4.85. The zero-order valence-electron chi connectivity index (χ0n) is 12.2. The molecule has 1 atom stereocenters. The summed E-state index contributed by atoms with van der Waals surface area (Å²) in [4.78, 5) is 6.22. The van der Waals surface area contributed by atoms with E-state index in [4.69, 9.17) is 4.74 Å². The van der Waals surface area contributed by atoms with E-state index >= 15 is 0 Å². The van der Waals surface area contributed by atoms with Gasteiger partial charge in [0.1, 0.15) is 11.1 Å². The third-order valence-corrected chi connectivity index (χ3v) is 4.54. The zero-order valence-corrected chi connectivity index (χ0v) is 13.0. The Kier molecular flexibility index (Phi) is 5.59. The molecule has 0 saturated carbocycles. The minimum absolute atomic E-state index is 0.188. The van der Waals surface area contributed by atoms with Crippen LogP contribution in [0.25, 0.3) is 0 Å². The number of thiazole rings is 1. The molecular weight excluding hydrogens is 303 g/mol. The van der Waals surface area contributed by atoms with Crippen molar-refractivity contribution in [1.82, 2.24) is 15.2 Å². The lowest BCUT2D eigenvalue weighted by Gasteiger charge is -2.30. The third-order valence-electron chi connectivity index (χ3n) is 3.39. The van der Waals surface area contributed by atoms with Gasteiger partial charge in [-0.3, -0.25) is 4.90 Å². The molecule has 0 spiro atoms. The van der Waals surface area contributed by atoms with Crippen molar-refractivity contribution in [1.29, 1.82) is 0 Å². The highest BCUT2D eigenvalue weighted by molar-refractivity contribution is 7.11. The molecule has 0 aliphatic carbocycles. The topological polar surface area (TPSA) is 37.4 Å². The lowest BCUT2D eigenvalue weighted by Crippen LogP contribution is -2.38. The predicted molar refractivity (Wildman–Crippen MR) is 75.3 cm³/mol. The maximum absolute atomic E-state index is 13.1. The summed E-state index contributed by atoms with van der Waals surface area (Å²) in [6.07, 6.45) is -4.78. The number of alkyl halides is 3. The van der Waals surface area contributed by atoms with Crippen LogP contribution in [-0.2, 0) is 17.5 Å². The van der Waals surface area contributed by atoms with Crippen molar-refractivity contribution >= 4 is 11.3 Å². The maximum Gasteiger partial charge on any atom is 0.434 e. The van der Waals surface area contributed by atoms with E-state index in [0.717, 1.165) is 24.4 Å². The molecule has 1 aliphatic rings. The summed E-state index contributed by atoms with van der Waals surface area (Å²) in [6, 6.07) is 0. The lowest BCUT2D eigenvalue weighted by atomic mass is 10.3. The summed E-state index contributed by atoms with van der Waals surface area (Å²) < 4.78 is 44.8. The van der Waals surface area contributed by atoms with Crippen molar-refractivity contribution in [3.63, 3.8) is 0 Å². The van der Waals surface area contributed by atoms with Crippen LogP contribution in [-0.4, -0.2) is 42.7 Å². The maximum atomic E-state index is 13.1. The minimum Gasteiger partial charge on any atom is -0.368 e. The van der Waals surface area contributed by atoms with Crippen molar-refractivity contribution in [3.8, 4) is 0 Å². The van der Waals surface area contributed by atoms with Crippen LogP contribution in [0.1, 0.15) is 35.5 Å². The Morgan fingerprint density at radius 2 is 2.19 bits per heavy atom. The highest BCUT2D eigenvalue weighted by Gasteiger charge is 2.38. The SMILES string of the molecule is CCNCc1sc(C2CN(CC)CCO2)nc1C(F)(F)F. The lowest BCUT2D eigenvalue weighted by molar-refractivity contribution is -0.141. The van der Waals surface area contributed by atoms with E-state index in [1.54, 1.807) is 0 Å². The molecule has 8 heteroatoms. The normalized spacial score (nSPS) is 20.9. The molecule has 1 aliphatic heterocycles. The molecule has 0 amide bonds. The molecule has 120 valence electrons. The van der Waals surface area contributed by atoms with Crippen LogP contribution in [0, 0.1) is 0 Å². The number of aromatic nitrogens is 1. The molecule has 2 heterocycles. The minimum atomic E-state index is -4.42. The van der Waals surface area contributed by atoms with E-state index in [1.165, 1.54) is 0 Å². The summed E-state index contributed by atoms with van der Waals surface area (Å²) >= 11 is 1.10. The predicted octanol–water partition coefficient (Wildman–Crippen LogP) is 2.66. The van der Waals surface area contributed by atoms with Crippen LogP contribution in [0.2, 0.25) is 0 Å². The second kappa shape index (κ2) is 7.04. The number of nitrogens with zero attached hydrogens (tertiary/aromatic N) is 2. The van der Waals surface area contributed by atoms with Crippen LogP contribution in [0.15, 0.2) is 0 Å². The number of likely N-dealkylation sites (N-methyl/N-ethyl adjacent to an activating group) is 1. The van der Waals surface area contributed by atoms with E-state index in [0.29, 0.717) is 24.7 Å². The van der Waals surface area contributed by atoms with Crippen LogP contribution in [0.4, 0.5) is 13.2 Å². The Morgan fingerprint density at radius 1 is 1.43 bits per heavy atom. The first-order valence-corrected chi connectivity index (χ1v) is 7.88. The van der Waals surface area contributed by atoms with Gasteiger partial charge in [0.15, 0.2) is 5.69 Å². The molecule has 1 unspecified atom stereocenters. The van der Waals surface area contributed by atoms with Gasteiger partial charge in [-0.1, -0.05) is 13.8 Å². The zero-order chi connectivity index (χ0) is 15.5. The van der Waals surface area contributed by atoms with Crippen LogP contribution in [0.3, 0.4) is 0 Å². The molecule has 0 bridgehead atoms. The molecule has 0 aromatic carbocycles. The van der Waals surface area contributed by atoms with E-state index in [9.17, 15) is 13.2 Å². The first kappa shape index (κ1) is 16.7. The van der Waals surface area contributed by atoms with Gasteiger partial charge in [0.05, 0.1) is 11.5 Å². The van der Waals surface area contributed by atoms with Gasteiger partial charge in [-0.15, -0.1) is 11.3 Å². The van der Waals surface area contributed by atoms with Gasteiger partial charge in [-0.2, -0.15) is 13.2 Å². The van der Waals surface area contributed by atoms with Crippen LogP contribution >= 0.6 is 11.3 Å². The number of nitrogens with one attached hydrogen (secondary N) is 1. The second-order valence-corrected chi connectivity index (χ2v) is 5.97. The van der Waals surface area contributed by atoms with Crippen LogP contribution in [0.5, 0.6) is 0 Å². The number of hydrogen-bond acceptors (Lipinski definition) is 5. The van der Waals surface area contributed by atoms with E-state index < -0.39 is 11.9 Å². The van der Waals surface area contributed by atoms with Crippen LogP contribution < -0.4 is 5.32 Å². The van der Waals surface area contributed by atoms with Gasteiger partial charge in [0, 0.05) is 19.6 Å². The van der Waals surface area contributed by atoms with E-state index in [-0.39, 0.29) is 17.5 Å². The van der Waals surface area contributed by atoms with Crippen molar-refractivity contribution < 1.29 is 17.9 Å². The average molecular weight is 323 g/mol. The van der Waals surface area contributed by atoms with Gasteiger partial charge in [-0.05, 0) is 13.1 Å². The Balaban J connectivity index is 2.21. The van der Waals surface area contributed by atoms with Crippen molar-refractivity contribution in [2.45, 2.75) is 32.7 Å². The summed E-state index contributed by atoms with van der Waals surface area (Å²) in [5.41, 5.74) is -0.777. The first-order valence-electron chi connectivity index (χ1n) is 7.07. The van der Waals surface area contributed by atoms with Gasteiger partial charge in [0.2, 0.25) is 0 Å². The quantitative estimate of drug-likeness (QED) is 0.904. The standard InChI is InChI=1S/C13H20F3N3OS/c1-3-17-7-10-11(13(14,15)16)18-12(21-10)9-8-19(4-2)5-6-20-9/h9,17H,3-8H2,1-2H3. The molecule has 4 nitrogen and oxygen atoms in total. The number of halogens is 3. The number of rotatable bonds is 5. The summed E-state index contributed by atoms with van der Waals surface area (Å²) in [6.45, 7) is 7.50. The highest BCUT2D eigenvalue weighted by Crippen LogP contribution is 2.37. The van der Waals surface area contributed by atoms with Crippen molar-refractivity contribution in [3.05, 3.63) is 15.6 Å². The number of morpholine rings is 1. The number of hydrogen-bond donors (Lipinski definition) is 1. The van der Waals surface area contributed by atoms with Gasteiger partial charge in [-0.25, -0.2) is 4.98 Å². The Bertz CT molecular complexity index is 464. The fraction of sp³-hybridized carbons (Fsp3) is 0.769. The Hall–Kier alpha value is -0.700. The molecule has 2 rings (SSSR count). The molecule has 1 aromatic rings. The van der Waals surface area contributed by atoms with Gasteiger partial charge < -0.3 is 10.1 Å². The van der Waals surface area contributed by atoms with Crippen molar-refractivity contribution in [2.75, 3.05) is 32.8 Å². The summed E-state index contributed by atoms with van der Waals surface area (Å²) in [5, 5.41) is 3.36. The van der Waals surface area contributed by atoms with Gasteiger partial charge >= 0.3 is 6.18 Å².